The van der Waals surface area contributed by atoms with Gasteiger partial charge >= 0.3 is 0 Å². The molecule has 0 fully saturated rings. The van der Waals surface area contributed by atoms with Crippen LogP contribution < -0.4 is 15.3 Å². The summed E-state index contributed by atoms with van der Waals surface area (Å²) in [6.07, 6.45) is 0. The van der Waals surface area contributed by atoms with Crippen LogP contribution in [0.15, 0.2) is 77.8 Å². The summed E-state index contributed by atoms with van der Waals surface area (Å²) in [6.45, 7) is 4.47. The molecule has 0 aliphatic heterocycles. The maximum atomic E-state index is 5.75. The Morgan fingerprint density at radius 2 is 1.67 bits per heavy atom. The highest BCUT2D eigenvalue weighted by molar-refractivity contribution is 7.56. The van der Waals surface area contributed by atoms with Crippen molar-refractivity contribution in [3.05, 3.63) is 83.9 Å². The van der Waals surface area contributed by atoms with Crippen molar-refractivity contribution in [2.45, 2.75) is 13.8 Å². The molecule has 0 bridgehead atoms. The largest absolute Gasteiger partial charge is 0.467 e. The van der Waals surface area contributed by atoms with Gasteiger partial charge in [0.25, 0.3) is 0 Å². The van der Waals surface area contributed by atoms with E-state index in [0.717, 1.165) is 22.5 Å². The summed E-state index contributed by atoms with van der Waals surface area (Å²) in [6, 6.07) is 24.6. The minimum absolute atomic E-state index is 0.247. The highest BCUT2D eigenvalue weighted by Crippen LogP contribution is 2.24. The molecule has 0 aliphatic rings. The third-order valence-electron chi connectivity index (χ3n) is 4.19. The Bertz CT molecular complexity index is 923. The Kier molecular flexibility index (Phi) is 6.75. The molecule has 4 heteroatoms. The van der Waals surface area contributed by atoms with E-state index < -0.39 is 0 Å². The van der Waals surface area contributed by atoms with Crippen molar-refractivity contribution in [3.63, 3.8) is 0 Å². The fourth-order valence-electron chi connectivity index (χ4n) is 2.84. The number of rotatable bonds is 7. The monoisotopic (exact) mass is 377 g/mol. The Labute approximate surface area is 162 Å². The molecule has 0 saturated heterocycles. The van der Waals surface area contributed by atoms with Crippen LogP contribution in [0.1, 0.15) is 18.1 Å². The Morgan fingerprint density at radius 1 is 0.926 bits per heavy atom. The molecule has 138 valence electrons. The highest BCUT2D eigenvalue weighted by Gasteiger charge is 2.12. The summed E-state index contributed by atoms with van der Waals surface area (Å²) in [4.78, 5) is 4.81. The quantitative estimate of drug-likeness (QED) is 0.338. The number of methoxy groups -OCH3 is 1. The van der Waals surface area contributed by atoms with E-state index in [1.165, 1.54) is 16.4 Å². The summed E-state index contributed by atoms with van der Waals surface area (Å²) in [7, 11) is 2.11. The van der Waals surface area contributed by atoms with Gasteiger partial charge in [-0.1, -0.05) is 63.2 Å². The predicted octanol–water partition coefficient (Wildman–Crippen LogP) is 4.75. The molecule has 1 unspecified atom stereocenters. The minimum atomic E-state index is 0.247. The van der Waals surface area contributed by atoms with Crippen molar-refractivity contribution in [1.82, 2.24) is 0 Å². The first-order valence-electron chi connectivity index (χ1n) is 8.87. The van der Waals surface area contributed by atoms with E-state index in [4.69, 9.17) is 14.5 Å². The molecule has 0 spiro atoms. The Hall–Kier alpha value is -2.48. The third-order valence-corrected chi connectivity index (χ3v) is 5.79. The average molecular weight is 377 g/mol. The average Bonchev–Trinajstić information content (AvgIpc) is 2.69. The van der Waals surface area contributed by atoms with Crippen molar-refractivity contribution < 1.29 is 9.47 Å². The number of aryl methyl sites for hydroxylation is 1. The van der Waals surface area contributed by atoms with Crippen molar-refractivity contribution in [2.75, 3.05) is 13.9 Å². The van der Waals surface area contributed by atoms with Crippen LogP contribution in [0.2, 0.25) is 0 Å². The van der Waals surface area contributed by atoms with E-state index in [1.807, 2.05) is 48.5 Å². The first-order valence-corrected chi connectivity index (χ1v) is 9.87. The van der Waals surface area contributed by atoms with Gasteiger partial charge in [0.1, 0.15) is 5.75 Å². The van der Waals surface area contributed by atoms with Crippen LogP contribution in [-0.2, 0) is 4.74 Å². The third kappa shape index (κ3) is 5.03. The molecule has 0 heterocycles. The van der Waals surface area contributed by atoms with Gasteiger partial charge in [0, 0.05) is 23.7 Å². The van der Waals surface area contributed by atoms with Crippen molar-refractivity contribution in [1.29, 1.82) is 0 Å². The van der Waals surface area contributed by atoms with Crippen LogP contribution in [0.3, 0.4) is 0 Å². The molecule has 0 N–H and O–H groups in total. The molecule has 3 rings (SSSR count). The second-order valence-electron chi connectivity index (χ2n) is 6.20. The van der Waals surface area contributed by atoms with Crippen molar-refractivity contribution in [2.24, 2.45) is 4.99 Å². The molecule has 3 nitrogen and oxygen atoms in total. The number of benzene rings is 3. The Balaban J connectivity index is 1.97. The van der Waals surface area contributed by atoms with Crippen LogP contribution in [0, 0.1) is 6.92 Å². The second kappa shape index (κ2) is 9.45. The van der Waals surface area contributed by atoms with Gasteiger partial charge < -0.3 is 9.47 Å². The lowest BCUT2D eigenvalue weighted by Crippen LogP contribution is -2.17. The molecule has 27 heavy (non-hydrogen) atoms. The summed E-state index contributed by atoms with van der Waals surface area (Å²) in [5.74, 6) is 0.865. The van der Waals surface area contributed by atoms with Crippen molar-refractivity contribution in [3.8, 4) is 5.75 Å². The molecule has 0 saturated carbocycles. The lowest BCUT2D eigenvalue weighted by molar-refractivity contribution is 0.0519. The topological polar surface area (TPSA) is 30.8 Å². The van der Waals surface area contributed by atoms with Gasteiger partial charge in [0.15, 0.2) is 6.79 Å². The SMILES string of the molecule is COCOc1ccccc1Pc1c(C)cccc1C(C)=Nc1ccccc1. The fraction of sp³-hybridized carbons (Fsp3) is 0.174. The van der Waals surface area contributed by atoms with Crippen LogP contribution in [0.25, 0.3) is 0 Å². The van der Waals surface area contributed by atoms with Crippen LogP contribution in [0.5, 0.6) is 5.75 Å². The minimum Gasteiger partial charge on any atom is -0.467 e. The molecule has 0 aromatic heterocycles. The van der Waals surface area contributed by atoms with E-state index in [-0.39, 0.29) is 6.79 Å². The smallest absolute Gasteiger partial charge is 0.188 e. The summed E-state index contributed by atoms with van der Waals surface area (Å²) < 4.78 is 10.8. The molecule has 0 radical (unpaired) electrons. The number of aliphatic imine (C=N–C) groups is 1. The van der Waals surface area contributed by atoms with E-state index in [9.17, 15) is 0 Å². The van der Waals surface area contributed by atoms with Gasteiger partial charge in [-0.05, 0) is 42.9 Å². The second-order valence-corrected chi connectivity index (χ2v) is 7.49. The van der Waals surface area contributed by atoms with E-state index in [0.29, 0.717) is 8.58 Å². The summed E-state index contributed by atoms with van der Waals surface area (Å²) in [5, 5.41) is 2.46. The highest BCUT2D eigenvalue weighted by atomic mass is 31.1. The lowest BCUT2D eigenvalue weighted by atomic mass is 10.1. The zero-order chi connectivity index (χ0) is 19.1. The van der Waals surface area contributed by atoms with Gasteiger partial charge in [-0.15, -0.1) is 0 Å². The molecule has 3 aromatic carbocycles. The molecule has 0 aliphatic carbocycles. The van der Waals surface area contributed by atoms with Gasteiger partial charge in [0.2, 0.25) is 0 Å². The summed E-state index contributed by atoms with van der Waals surface area (Å²) >= 11 is 0. The number of para-hydroxylation sites is 2. The number of nitrogens with zero attached hydrogens (tertiary/aromatic N) is 1. The number of hydrogen-bond acceptors (Lipinski definition) is 3. The molecular formula is C23H24NO2P. The van der Waals surface area contributed by atoms with Gasteiger partial charge in [-0.25, -0.2) is 0 Å². The first-order chi connectivity index (χ1) is 13.2. The lowest BCUT2D eigenvalue weighted by Gasteiger charge is -2.15. The number of ether oxygens (including phenoxy) is 2. The van der Waals surface area contributed by atoms with E-state index in [1.54, 1.807) is 7.11 Å². The molecular weight excluding hydrogens is 353 g/mol. The fourth-order valence-corrected chi connectivity index (χ4v) is 4.25. The summed E-state index contributed by atoms with van der Waals surface area (Å²) in [5.41, 5.74) is 4.42. The first kappa shape index (κ1) is 19.3. The molecule has 3 aromatic rings. The normalized spacial score (nSPS) is 11.9. The zero-order valence-corrected chi connectivity index (χ0v) is 16.9. The van der Waals surface area contributed by atoms with Gasteiger partial charge in [-0.2, -0.15) is 0 Å². The zero-order valence-electron chi connectivity index (χ0n) is 15.9. The van der Waals surface area contributed by atoms with E-state index in [2.05, 4.69) is 38.1 Å². The maximum absolute atomic E-state index is 5.75. The van der Waals surface area contributed by atoms with E-state index >= 15 is 0 Å². The number of hydrogen-bond donors (Lipinski definition) is 0. The van der Waals surface area contributed by atoms with Crippen LogP contribution in [-0.4, -0.2) is 19.6 Å². The standard InChI is InChI=1S/C23H24NO2P/c1-17-10-9-13-20(18(2)24-19-11-5-4-6-12-19)23(17)27-22-15-8-7-14-21(22)26-16-25-3/h4-15,27H,16H2,1-3H3. The van der Waals surface area contributed by atoms with Gasteiger partial charge in [-0.3, -0.25) is 4.99 Å². The molecule has 0 amide bonds. The van der Waals surface area contributed by atoms with Crippen LogP contribution in [0.4, 0.5) is 5.69 Å². The Morgan fingerprint density at radius 3 is 2.44 bits per heavy atom. The van der Waals surface area contributed by atoms with Crippen LogP contribution >= 0.6 is 8.58 Å². The molecule has 1 atom stereocenters. The maximum Gasteiger partial charge on any atom is 0.188 e. The predicted molar refractivity (Wildman–Crippen MR) is 116 cm³/mol. The van der Waals surface area contributed by atoms with Gasteiger partial charge in [0.05, 0.1) is 5.69 Å². The van der Waals surface area contributed by atoms with Crippen molar-refractivity contribution >= 4 is 30.6 Å².